The molecule has 0 spiro atoms. The summed E-state index contributed by atoms with van der Waals surface area (Å²) in [5.74, 6) is -5.38. The molecule has 2 N–H and O–H groups in total. The number of ether oxygens (including phenoxy) is 2. The maximum Gasteiger partial charge on any atom is 0.410 e. The monoisotopic (exact) mass is 518 g/mol. The Morgan fingerprint density at radius 1 is 1.00 bits per heavy atom. The Hall–Kier alpha value is -3.93. The van der Waals surface area contributed by atoms with Crippen LogP contribution in [0.3, 0.4) is 0 Å². The van der Waals surface area contributed by atoms with Crippen LogP contribution < -0.4 is 15.1 Å². The summed E-state index contributed by atoms with van der Waals surface area (Å²) < 4.78 is 38.3. The van der Waals surface area contributed by atoms with Crippen LogP contribution in [0.5, 0.6) is 5.75 Å². The number of likely N-dealkylation sites (tertiary alicyclic amines) is 1. The lowest BCUT2D eigenvalue weighted by atomic mass is 9.86. The summed E-state index contributed by atoms with van der Waals surface area (Å²) in [6.45, 7) is 1.56. The number of piperidine rings is 1. The number of para-hydroxylation sites is 1. The smallest absolute Gasteiger partial charge is 0.410 e. The van der Waals surface area contributed by atoms with Gasteiger partial charge in [0.25, 0.3) is 0 Å². The van der Waals surface area contributed by atoms with Gasteiger partial charge in [-0.3, -0.25) is 19.7 Å². The highest BCUT2D eigenvalue weighted by Crippen LogP contribution is 2.31. The number of anilines is 1. The number of nitrogens with one attached hydrogen (secondary N) is 1. The Morgan fingerprint density at radius 2 is 1.70 bits per heavy atom. The van der Waals surface area contributed by atoms with E-state index in [1.54, 1.807) is 10.4 Å². The first-order valence-corrected chi connectivity index (χ1v) is 11.8. The van der Waals surface area contributed by atoms with E-state index in [2.05, 4.69) is 4.90 Å². The fourth-order valence-corrected chi connectivity index (χ4v) is 4.83. The molecular formula is C25H28F2N4O6. The second-order valence-corrected chi connectivity index (χ2v) is 8.83. The van der Waals surface area contributed by atoms with Crippen molar-refractivity contribution in [3.8, 4) is 5.75 Å². The third-order valence-electron chi connectivity index (χ3n) is 6.67. The number of carbonyl (C=O) groups is 3. The molecule has 0 aliphatic carbocycles. The van der Waals surface area contributed by atoms with Crippen LogP contribution >= 0.6 is 0 Å². The van der Waals surface area contributed by atoms with Crippen molar-refractivity contribution in [3.05, 3.63) is 60.2 Å². The molecule has 2 aliphatic heterocycles. The van der Waals surface area contributed by atoms with Crippen LogP contribution in [0.25, 0.3) is 0 Å². The van der Waals surface area contributed by atoms with Crippen LogP contribution in [0.1, 0.15) is 6.42 Å². The summed E-state index contributed by atoms with van der Waals surface area (Å²) in [4.78, 5) is 43.8. The molecule has 3 amide bonds. The van der Waals surface area contributed by atoms with E-state index in [1.807, 2.05) is 30.3 Å². The van der Waals surface area contributed by atoms with Crippen molar-refractivity contribution in [2.24, 2.45) is 5.92 Å². The van der Waals surface area contributed by atoms with Crippen molar-refractivity contribution in [3.63, 3.8) is 0 Å². The van der Waals surface area contributed by atoms with Gasteiger partial charge in [-0.2, -0.15) is 4.39 Å². The van der Waals surface area contributed by atoms with Gasteiger partial charge in [-0.25, -0.2) is 14.7 Å². The molecule has 12 heteroatoms. The Balaban J connectivity index is 1.55. The minimum Gasteiger partial charge on any atom is -0.485 e. The Labute approximate surface area is 212 Å². The lowest BCUT2D eigenvalue weighted by Crippen LogP contribution is -2.64. The predicted octanol–water partition coefficient (Wildman–Crippen LogP) is 2.02. The van der Waals surface area contributed by atoms with Gasteiger partial charge in [0.15, 0.2) is 11.6 Å². The molecule has 2 saturated heterocycles. The van der Waals surface area contributed by atoms with Gasteiger partial charge in [0.1, 0.15) is 12.1 Å². The number of hydroxylamine groups is 1. The standard InChI is InChI=1S/C25H28F2N4O6/c1-36-25(34)31-15-17(37-20-9-5-8-19(26)21(20)27)14-18(23(32)28-35)22(31)24(33)30-12-10-29(11-13-30)16-6-3-2-4-7-16/h2-9,17-18,22,35H,10-15H2,1H3,(H,28,32)/t17-,18-,22-/m0/s1. The average Bonchev–Trinajstić information content (AvgIpc) is 2.94. The molecule has 0 saturated carbocycles. The first kappa shape index (κ1) is 26.1. The fourth-order valence-electron chi connectivity index (χ4n) is 4.83. The second kappa shape index (κ2) is 11.4. The summed E-state index contributed by atoms with van der Waals surface area (Å²) in [6, 6.07) is 11.8. The summed E-state index contributed by atoms with van der Waals surface area (Å²) in [5.41, 5.74) is 2.57. The maximum atomic E-state index is 14.2. The average molecular weight is 519 g/mol. The minimum atomic E-state index is -1.29. The molecule has 2 fully saturated rings. The Kier molecular flexibility index (Phi) is 8.07. The number of nitrogens with zero attached hydrogens (tertiary/aromatic N) is 3. The van der Waals surface area contributed by atoms with E-state index in [0.717, 1.165) is 23.8 Å². The predicted molar refractivity (Wildman–Crippen MR) is 127 cm³/mol. The van der Waals surface area contributed by atoms with Gasteiger partial charge in [0.2, 0.25) is 17.6 Å². The van der Waals surface area contributed by atoms with Crippen LogP contribution in [-0.2, 0) is 14.3 Å². The van der Waals surface area contributed by atoms with E-state index in [4.69, 9.17) is 9.47 Å². The topological polar surface area (TPSA) is 112 Å². The van der Waals surface area contributed by atoms with Crippen molar-refractivity contribution in [1.29, 1.82) is 0 Å². The number of halogens is 2. The van der Waals surface area contributed by atoms with E-state index < -0.39 is 53.4 Å². The Bertz CT molecular complexity index is 1100. The molecule has 2 aromatic carbocycles. The highest BCUT2D eigenvalue weighted by molar-refractivity contribution is 5.92. The molecule has 37 heavy (non-hydrogen) atoms. The van der Waals surface area contributed by atoms with Crippen LogP contribution in [0, 0.1) is 17.6 Å². The van der Waals surface area contributed by atoms with Crippen LogP contribution in [-0.4, -0.2) is 84.9 Å². The molecule has 0 aromatic heterocycles. The zero-order valence-electron chi connectivity index (χ0n) is 20.2. The highest BCUT2D eigenvalue weighted by Gasteiger charge is 2.49. The van der Waals surface area contributed by atoms with Gasteiger partial charge < -0.3 is 19.3 Å². The number of methoxy groups -OCH3 is 1. The van der Waals surface area contributed by atoms with Crippen molar-refractivity contribution < 1.29 is 37.8 Å². The number of benzene rings is 2. The molecule has 2 aliphatic rings. The molecule has 4 rings (SSSR count). The van der Waals surface area contributed by atoms with E-state index in [-0.39, 0.29) is 13.0 Å². The molecular weight excluding hydrogens is 490 g/mol. The fraction of sp³-hybridized carbons (Fsp3) is 0.400. The quantitative estimate of drug-likeness (QED) is 0.460. The third-order valence-corrected chi connectivity index (χ3v) is 6.67. The van der Waals surface area contributed by atoms with Gasteiger partial charge in [-0.1, -0.05) is 24.3 Å². The molecule has 2 heterocycles. The van der Waals surface area contributed by atoms with Crippen molar-refractivity contribution >= 4 is 23.6 Å². The SMILES string of the molecule is COC(=O)N1C[C@@H](Oc2cccc(F)c2F)C[C@H](C(=O)NO)[C@H]1C(=O)N1CCN(c2ccccc2)CC1. The molecule has 10 nitrogen and oxygen atoms in total. The molecule has 0 unspecified atom stereocenters. The van der Waals surface area contributed by atoms with Crippen molar-refractivity contribution in [2.75, 3.05) is 44.7 Å². The van der Waals surface area contributed by atoms with Crippen molar-refractivity contribution in [1.82, 2.24) is 15.3 Å². The molecule has 2 aromatic rings. The molecule has 0 radical (unpaired) electrons. The van der Waals surface area contributed by atoms with Gasteiger partial charge in [-0.05, 0) is 24.3 Å². The first-order valence-electron chi connectivity index (χ1n) is 11.8. The molecule has 3 atom stereocenters. The lowest BCUT2D eigenvalue weighted by Gasteiger charge is -2.45. The van der Waals surface area contributed by atoms with Crippen LogP contribution in [0.15, 0.2) is 48.5 Å². The minimum absolute atomic E-state index is 0.143. The molecule has 198 valence electrons. The van der Waals surface area contributed by atoms with Gasteiger partial charge in [-0.15, -0.1) is 0 Å². The summed E-state index contributed by atoms with van der Waals surface area (Å²) in [6.07, 6.45) is -2.03. The number of carbonyl (C=O) groups excluding carboxylic acids is 3. The second-order valence-electron chi connectivity index (χ2n) is 8.83. The first-order chi connectivity index (χ1) is 17.8. The third kappa shape index (κ3) is 5.58. The van der Waals surface area contributed by atoms with E-state index >= 15 is 0 Å². The van der Waals surface area contributed by atoms with Gasteiger partial charge in [0, 0.05) is 38.3 Å². The van der Waals surface area contributed by atoms with Crippen LogP contribution in [0.2, 0.25) is 0 Å². The number of rotatable bonds is 5. The number of hydrogen-bond donors (Lipinski definition) is 2. The number of amides is 3. The van der Waals surface area contributed by atoms with Crippen LogP contribution in [0.4, 0.5) is 19.3 Å². The zero-order chi connectivity index (χ0) is 26.5. The largest absolute Gasteiger partial charge is 0.485 e. The zero-order valence-corrected chi connectivity index (χ0v) is 20.2. The van der Waals surface area contributed by atoms with E-state index in [9.17, 15) is 28.4 Å². The number of hydrogen-bond acceptors (Lipinski definition) is 7. The molecule has 0 bridgehead atoms. The van der Waals surface area contributed by atoms with Crippen molar-refractivity contribution in [2.45, 2.75) is 18.6 Å². The van der Waals surface area contributed by atoms with Gasteiger partial charge in [0.05, 0.1) is 19.6 Å². The van der Waals surface area contributed by atoms with E-state index in [0.29, 0.717) is 26.2 Å². The highest BCUT2D eigenvalue weighted by atomic mass is 19.2. The Morgan fingerprint density at radius 3 is 2.35 bits per heavy atom. The van der Waals surface area contributed by atoms with Gasteiger partial charge >= 0.3 is 6.09 Å². The summed E-state index contributed by atoms with van der Waals surface area (Å²) in [7, 11) is 1.13. The normalized spacial score (nSPS) is 21.8. The summed E-state index contributed by atoms with van der Waals surface area (Å²) >= 11 is 0. The lowest BCUT2D eigenvalue weighted by molar-refractivity contribution is -0.151. The number of piperazine rings is 1. The maximum absolute atomic E-state index is 14.2. The summed E-state index contributed by atoms with van der Waals surface area (Å²) in [5, 5.41) is 9.38. The van der Waals surface area contributed by atoms with E-state index in [1.165, 1.54) is 12.1 Å².